The van der Waals surface area contributed by atoms with E-state index in [9.17, 15) is 4.79 Å². The van der Waals surface area contributed by atoms with Gasteiger partial charge in [-0.05, 0) is 69.6 Å². The number of piperidine rings is 1. The number of methoxy groups -OCH3 is 2. The normalized spacial score (nSPS) is 14.4. The Balaban J connectivity index is 1.50. The van der Waals surface area contributed by atoms with Crippen molar-refractivity contribution in [3.63, 3.8) is 0 Å². The van der Waals surface area contributed by atoms with E-state index in [1.165, 1.54) is 38.4 Å². The number of hydrogen-bond acceptors (Lipinski definition) is 6. The van der Waals surface area contributed by atoms with E-state index in [-0.39, 0.29) is 5.43 Å². The third-order valence-electron chi connectivity index (χ3n) is 5.95. The largest absolute Gasteiger partial charge is 0.497 e. The van der Waals surface area contributed by atoms with Crippen LogP contribution in [0.15, 0.2) is 51.7 Å². The lowest BCUT2D eigenvalue weighted by Crippen LogP contribution is -2.30. The van der Waals surface area contributed by atoms with Gasteiger partial charge in [-0.15, -0.1) is 0 Å². The van der Waals surface area contributed by atoms with Crippen molar-refractivity contribution in [2.45, 2.75) is 32.1 Å². The van der Waals surface area contributed by atoms with Crippen LogP contribution in [0.25, 0.3) is 22.3 Å². The molecule has 1 fully saturated rings. The fourth-order valence-electron chi connectivity index (χ4n) is 4.16. The molecule has 1 aromatic heterocycles. The molecule has 0 radical (unpaired) electrons. The summed E-state index contributed by atoms with van der Waals surface area (Å²) in [6.07, 6.45) is 5.98. The van der Waals surface area contributed by atoms with Crippen LogP contribution in [0.3, 0.4) is 0 Å². The quantitative estimate of drug-likeness (QED) is 0.433. The average Bonchev–Trinajstić information content (AvgIpc) is 2.84. The Morgan fingerprint density at radius 3 is 2.38 bits per heavy atom. The lowest BCUT2D eigenvalue weighted by Gasteiger charge is -2.26. The van der Waals surface area contributed by atoms with Crippen LogP contribution in [0.5, 0.6) is 17.2 Å². The lowest BCUT2D eigenvalue weighted by atomic mass is 10.1. The Hall–Kier alpha value is -2.99. The van der Waals surface area contributed by atoms with Crippen LogP contribution in [0.1, 0.15) is 32.1 Å². The van der Waals surface area contributed by atoms with E-state index in [2.05, 4.69) is 4.90 Å². The van der Waals surface area contributed by atoms with Gasteiger partial charge in [0, 0.05) is 23.8 Å². The number of unbranched alkanes of at least 4 members (excludes halogenated alkanes) is 1. The molecule has 0 spiro atoms. The summed E-state index contributed by atoms with van der Waals surface area (Å²) in [4.78, 5) is 15.5. The number of hydrogen-bond donors (Lipinski definition) is 0. The van der Waals surface area contributed by atoms with Crippen LogP contribution >= 0.6 is 0 Å². The SMILES string of the molecule is COc1ccc(-c2cc(=O)c3c(OCCCCN4CCCCC4)cc(OC)cc3o2)cc1. The molecule has 6 heteroatoms. The number of ether oxygens (including phenoxy) is 3. The van der Waals surface area contributed by atoms with Gasteiger partial charge in [-0.3, -0.25) is 4.79 Å². The van der Waals surface area contributed by atoms with Crippen molar-refractivity contribution < 1.29 is 18.6 Å². The van der Waals surface area contributed by atoms with Crippen molar-refractivity contribution in [2.75, 3.05) is 40.5 Å². The number of rotatable bonds is 9. The average molecular weight is 438 g/mol. The number of likely N-dealkylation sites (tertiary alicyclic amines) is 1. The summed E-state index contributed by atoms with van der Waals surface area (Å²) in [7, 11) is 3.21. The van der Waals surface area contributed by atoms with Crippen molar-refractivity contribution in [1.82, 2.24) is 4.90 Å². The molecule has 6 nitrogen and oxygen atoms in total. The van der Waals surface area contributed by atoms with Gasteiger partial charge in [0.1, 0.15) is 34.0 Å². The zero-order valence-corrected chi connectivity index (χ0v) is 18.9. The van der Waals surface area contributed by atoms with E-state index in [4.69, 9.17) is 18.6 Å². The first-order valence-corrected chi connectivity index (χ1v) is 11.3. The van der Waals surface area contributed by atoms with Crippen molar-refractivity contribution in [1.29, 1.82) is 0 Å². The Kier molecular flexibility index (Phi) is 7.32. The van der Waals surface area contributed by atoms with E-state index in [0.717, 1.165) is 30.7 Å². The Morgan fingerprint density at radius 2 is 1.66 bits per heavy atom. The molecule has 0 atom stereocenters. The molecule has 4 rings (SSSR count). The van der Waals surface area contributed by atoms with Crippen LogP contribution < -0.4 is 19.6 Å². The first kappa shape index (κ1) is 22.2. The summed E-state index contributed by atoms with van der Waals surface area (Å²) in [6.45, 7) is 4.07. The predicted molar refractivity (Wildman–Crippen MR) is 126 cm³/mol. The minimum absolute atomic E-state index is 0.136. The Morgan fingerprint density at radius 1 is 0.906 bits per heavy atom. The van der Waals surface area contributed by atoms with Gasteiger partial charge >= 0.3 is 0 Å². The second kappa shape index (κ2) is 10.6. The summed E-state index contributed by atoms with van der Waals surface area (Å²) in [5.41, 5.74) is 1.11. The standard InChI is InChI=1S/C26H31NO5/c1-29-20-10-8-19(9-11-20)23-18-22(28)26-24(16-21(30-2)17-25(26)32-23)31-15-7-6-14-27-12-4-3-5-13-27/h8-11,16-18H,3-7,12-15H2,1-2H3. The molecule has 0 saturated carbocycles. The summed E-state index contributed by atoms with van der Waals surface area (Å²) in [5.74, 6) is 2.34. The lowest BCUT2D eigenvalue weighted by molar-refractivity contribution is 0.216. The highest BCUT2D eigenvalue weighted by atomic mass is 16.5. The topological polar surface area (TPSA) is 61.1 Å². The molecule has 0 aliphatic carbocycles. The molecule has 0 amide bonds. The van der Waals surface area contributed by atoms with Crippen LogP contribution in [-0.2, 0) is 0 Å². The van der Waals surface area contributed by atoms with Gasteiger partial charge in [0.25, 0.3) is 0 Å². The molecule has 170 valence electrons. The Bertz CT molecular complexity index is 1080. The molecule has 2 heterocycles. The van der Waals surface area contributed by atoms with E-state index < -0.39 is 0 Å². The van der Waals surface area contributed by atoms with Crippen molar-refractivity contribution in [3.05, 3.63) is 52.7 Å². The molecule has 0 bridgehead atoms. The Labute approximate surface area is 188 Å². The van der Waals surface area contributed by atoms with E-state index in [1.54, 1.807) is 26.4 Å². The zero-order valence-electron chi connectivity index (χ0n) is 18.9. The molecule has 0 unspecified atom stereocenters. The highest BCUT2D eigenvalue weighted by Gasteiger charge is 2.15. The summed E-state index contributed by atoms with van der Waals surface area (Å²) < 4.78 is 22.7. The van der Waals surface area contributed by atoms with Gasteiger partial charge in [0.05, 0.1) is 20.8 Å². The summed E-state index contributed by atoms with van der Waals surface area (Å²) >= 11 is 0. The third kappa shape index (κ3) is 5.25. The molecule has 0 N–H and O–H groups in total. The maximum Gasteiger partial charge on any atom is 0.197 e. The second-order valence-corrected chi connectivity index (χ2v) is 8.16. The van der Waals surface area contributed by atoms with Crippen LogP contribution in [-0.4, -0.2) is 45.4 Å². The molecular formula is C26H31NO5. The third-order valence-corrected chi connectivity index (χ3v) is 5.95. The van der Waals surface area contributed by atoms with Gasteiger partial charge in [-0.2, -0.15) is 0 Å². The highest BCUT2D eigenvalue weighted by molar-refractivity contribution is 5.86. The molecular weight excluding hydrogens is 406 g/mol. The van der Waals surface area contributed by atoms with Crippen molar-refractivity contribution >= 4 is 11.0 Å². The highest BCUT2D eigenvalue weighted by Crippen LogP contribution is 2.32. The first-order chi connectivity index (χ1) is 15.7. The van der Waals surface area contributed by atoms with E-state index in [1.807, 2.05) is 24.3 Å². The van der Waals surface area contributed by atoms with Gasteiger partial charge in [-0.1, -0.05) is 6.42 Å². The molecule has 1 aliphatic heterocycles. The maximum atomic E-state index is 13.0. The molecule has 3 aromatic rings. The zero-order chi connectivity index (χ0) is 22.3. The number of fused-ring (bicyclic) bond motifs is 1. The van der Waals surface area contributed by atoms with Crippen LogP contribution in [0.2, 0.25) is 0 Å². The minimum atomic E-state index is -0.136. The minimum Gasteiger partial charge on any atom is -0.497 e. The number of benzene rings is 2. The number of nitrogens with zero attached hydrogens (tertiary/aromatic N) is 1. The van der Waals surface area contributed by atoms with Gasteiger partial charge in [0.15, 0.2) is 5.43 Å². The predicted octanol–water partition coefficient (Wildman–Crippen LogP) is 5.12. The van der Waals surface area contributed by atoms with Gasteiger partial charge in [-0.25, -0.2) is 0 Å². The molecule has 32 heavy (non-hydrogen) atoms. The van der Waals surface area contributed by atoms with Crippen LogP contribution in [0.4, 0.5) is 0 Å². The first-order valence-electron chi connectivity index (χ1n) is 11.3. The van der Waals surface area contributed by atoms with Crippen LogP contribution in [0, 0.1) is 0 Å². The van der Waals surface area contributed by atoms with E-state index >= 15 is 0 Å². The monoisotopic (exact) mass is 437 g/mol. The molecule has 2 aromatic carbocycles. The smallest absolute Gasteiger partial charge is 0.197 e. The molecule has 1 aliphatic rings. The van der Waals surface area contributed by atoms with Gasteiger partial charge < -0.3 is 23.5 Å². The van der Waals surface area contributed by atoms with Crippen molar-refractivity contribution in [2.24, 2.45) is 0 Å². The second-order valence-electron chi connectivity index (χ2n) is 8.16. The fraction of sp³-hybridized carbons (Fsp3) is 0.423. The molecule has 1 saturated heterocycles. The maximum absolute atomic E-state index is 13.0. The summed E-state index contributed by atoms with van der Waals surface area (Å²) in [6, 6.07) is 12.4. The van der Waals surface area contributed by atoms with Crippen molar-refractivity contribution in [3.8, 4) is 28.6 Å². The summed E-state index contributed by atoms with van der Waals surface area (Å²) in [5, 5.41) is 0.444. The van der Waals surface area contributed by atoms with E-state index in [0.29, 0.717) is 34.8 Å². The van der Waals surface area contributed by atoms with Gasteiger partial charge in [0.2, 0.25) is 0 Å². The fourth-order valence-corrected chi connectivity index (χ4v) is 4.16.